The lowest BCUT2D eigenvalue weighted by Crippen LogP contribution is -2.45. The third kappa shape index (κ3) is 4.72. The SMILES string of the molecule is CC1CC(C(=O)O)CN(C(=O)CC/C=C/c2ccccc2)C1. The molecule has 1 aromatic carbocycles. The van der Waals surface area contributed by atoms with Crippen LogP contribution in [-0.4, -0.2) is 35.0 Å². The van der Waals surface area contributed by atoms with Crippen molar-refractivity contribution in [2.24, 2.45) is 11.8 Å². The number of amides is 1. The van der Waals surface area contributed by atoms with Crippen LogP contribution in [0.3, 0.4) is 0 Å². The molecule has 1 aliphatic heterocycles. The molecule has 4 nitrogen and oxygen atoms in total. The highest BCUT2D eigenvalue weighted by Gasteiger charge is 2.31. The van der Waals surface area contributed by atoms with E-state index in [2.05, 4.69) is 0 Å². The Bertz CT molecular complexity index is 539. The third-order valence-electron chi connectivity index (χ3n) is 4.00. The lowest BCUT2D eigenvalue weighted by molar-refractivity contribution is -0.146. The Morgan fingerprint density at radius 1 is 1.27 bits per heavy atom. The summed E-state index contributed by atoms with van der Waals surface area (Å²) in [6.45, 7) is 3.02. The summed E-state index contributed by atoms with van der Waals surface area (Å²) < 4.78 is 0. The Morgan fingerprint density at radius 2 is 2.00 bits per heavy atom. The first-order valence-electron chi connectivity index (χ1n) is 7.78. The zero-order valence-electron chi connectivity index (χ0n) is 12.9. The molecule has 1 fully saturated rings. The van der Waals surface area contributed by atoms with Gasteiger partial charge in [-0.15, -0.1) is 0 Å². The van der Waals surface area contributed by atoms with E-state index in [1.165, 1.54) is 0 Å². The molecule has 1 heterocycles. The first-order chi connectivity index (χ1) is 10.6. The van der Waals surface area contributed by atoms with Crippen molar-refractivity contribution in [1.29, 1.82) is 0 Å². The summed E-state index contributed by atoms with van der Waals surface area (Å²) in [4.78, 5) is 25.1. The van der Waals surface area contributed by atoms with Gasteiger partial charge in [-0.05, 0) is 24.3 Å². The van der Waals surface area contributed by atoms with Crippen LogP contribution in [0.2, 0.25) is 0 Å². The number of rotatable bonds is 5. The largest absolute Gasteiger partial charge is 0.481 e. The molecule has 0 radical (unpaired) electrons. The minimum absolute atomic E-state index is 0.0514. The number of carboxylic acid groups (broad SMARTS) is 1. The maximum absolute atomic E-state index is 12.2. The molecule has 2 rings (SSSR count). The van der Waals surface area contributed by atoms with Crippen LogP contribution in [0.15, 0.2) is 36.4 Å². The van der Waals surface area contributed by atoms with E-state index in [9.17, 15) is 9.59 Å². The average molecular weight is 301 g/mol. The van der Waals surface area contributed by atoms with Crippen LogP contribution in [0.1, 0.15) is 31.7 Å². The molecular formula is C18H23NO3. The number of carbonyl (C=O) groups excluding carboxylic acids is 1. The van der Waals surface area contributed by atoms with Crippen molar-refractivity contribution in [1.82, 2.24) is 4.90 Å². The Morgan fingerprint density at radius 3 is 2.68 bits per heavy atom. The second-order valence-corrected chi connectivity index (χ2v) is 6.03. The Kier molecular flexibility index (Phi) is 5.75. The molecule has 0 bridgehead atoms. The van der Waals surface area contributed by atoms with Gasteiger partial charge in [-0.3, -0.25) is 9.59 Å². The fraction of sp³-hybridized carbons (Fsp3) is 0.444. The first kappa shape index (κ1) is 16.3. The maximum atomic E-state index is 12.2. The van der Waals surface area contributed by atoms with E-state index in [0.29, 0.717) is 32.4 Å². The van der Waals surface area contributed by atoms with Crippen molar-refractivity contribution >= 4 is 18.0 Å². The zero-order valence-corrected chi connectivity index (χ0v) is 12.9. The number of allylic oxidation sites excluding steroid dienone is 1. The number of nitrogens with zero attached hydrogens (tertiary/aromatic N) is 1. The molecule has 1 aromatic rings. The Labute approximate surface area is 131 Å². The van der Waals surface area contributed by atoms with Gasteiger partial charge in [-0.1, -0.05) is 49.4 Å². The van der Waals surface area contributed by atoms with E-state index in [1.807, 2.05) is 49.4 Å². The van der Waals surface area contributed by atoms with Gasteiger partial charge < -0.3 is 10.0 Å². The van der Waals surface area contributed by atoms with Gasteiger partial charge in [0.05, 0.1) is 5.92 Å². The van der Waals surface area contributed by atoms with E-state index >= 15 is 0 Å². The van der Waals surface area contributed by atoms with Crippen molar-refractivity contribution in [2.45, 2.75) is 26.2 Å². The predicted molar refractivity (Wildman–Crippen MR) is 86.2 cm³/mol. The van der Waals surface area contributed by atoms with Gasteiger partial charge >= 0.3 is 5.97 Å². The first-order valence-corrected chi connectivity index (χ1v) is 7.78. The fourth-order valence-corrected chi connectivity index (χ4v) is 2.88. The molecule has 0 spiro atoms. The molecule has 22 heavy (non-hydrogen) atoms. The molecule has 0 saturated carbocycles. The minimum Gasteiger partial charge on any atom is -0.481 e. The summed E-state index contributed by atoms with van der Waals surface area (Å²) >= 11 is 0. The van der Waals surface area contributed by atoms with Gasteiger partial charge in [0, 0.05) is 19.5 Å². The van der Waals surface area contributed by atoms with E-state index in [-0.39, 0.29) is 11.8 Å². The molecule has 4 heteroatoms. The molecule has 1 saturated heterocycles. The van der Waals surface area contributed by atoms with Crippen LogP contribution in [-0.2, 0) is 9.59 Å². The van der Waals surface area contributed by atoms with Crippen LogP contribution < -0.4 is 0 Å². The number of carboxylic acids is 1. The van der Waals surface area contributed by atoms with Crippen LogP contribution in [0.4, 0.5) is 0 Å². The van der Waals surface area contributed by atoms with Gasteiger partial charge in [-0.25, -0.2) is 0 Å². The molecule has 118 valence electrons. The molecule has 2 unspecified atom stereocenters. The topological polar surface area (TPSA) is 57.6 Å². The zero-order chi connectivity index (χ0) is 15.9. The molecule has 1 N–H and O–H groups in total. The van der Waals surface area contributed by atoms with E-state index in [0.717, 1.165) is 5.56 Å². The second kappa shape index (κ2) is 7.78. The monoisotopic (exact) mass is 301 g/mol. The highest BCUT2D eigenvalue weighted by molar-refractivity contribution is 5.78. The van der Waals surface area contributed by atoms with Crippen molar-refractivity contribution in [2.75, 3.05) is 13.1 Å². The summed E-state index contributed by atoms with van der Waals surface area (Å²) in [7, 11) is 0. The summed E-state index contributed by atoms with van der Waals surface area (Å²) in [5.41, 5.74) is 1.12. The normalized spacial score (nSPS) is 22.0. The lowest BCUT2D eigenvalue weighted by Gasteiger charge is -2.34. The number of aliphatic carboxylic acids is 1. The van der Waals surface area contributed by atoms with Crippen molar-refractivity contribution < 1.29 is 14.7 Å². The highest BCUT2D eigenvalue weighted by Crippen LogP contribution is 2.22. The smallest absolute Gasteiger partial charge is 0.308 e. The third-order valence-corrected chi connectivity index (χ3v) is 4.00. The fourth-order valence-electron chi connectivity index (χ4n) is 2.88. The van der Waals surface area contributed by atoms with Gasteiger partial charge in [0.25, 0.3) is 0 Å². The molecule has 0 aromatic heterocycles. The van der Waals surface area contributed by atoms with E-state index in [4.69, 9.17) is 5.11 Å². The second-order valence-electron chi connectivity index (χ2n) is 6.03. The molecular weight excluding hydrogens is 278 g/mol. The standard InChI is InChI=1S/C18H23NO3/c1-14-11-16(18(21)22)13-19(12-14)17(20)10-6-5-9-15-7-3-2-4-8-15/h2-5,7-9,14,16H,6,10-13H2,1H3,(H,21,22)/b9-5+. The number of piperidine rings is 1. The molecule has 0 aliphatic carbocycles. The van der Waals surface area contributed by atoms with Crippen LogP contribution >= 0.6 is 0 Å². The average Bonchev–Trinajstić information content (AvgIpc) is 2.51. The van der Waals surface area contributed by atoms with Gasteiger partial charge in [0.1, 0.15) is 0 Å². The van der Waals surface area contributed by atoms with Crippen LogP contribution in [0.5, 0.6) is 0 Å². The van der Waals surface area contributed by atoms with Gasteiger partial charge in [0.15, 0.2) is 0 Å². The minimum atomic E-state index is -0.798. The van der Waals surface area contributed by atoms with Crippen molar-refractivity contribution in [3.63, 3.8) is 0 Å². The van der Waals surface area contributed by atoms with Crippen molar-refractivity contribution in [3.8, 4) is 0 Å². The molecule has 2 atom stereocenters. The van der Waals surface area contributed by atoms with E-state index < -0.39 is 11.9 Å². The Balaban J connectivity index is 1.81. The van der Waals surface area contributed by atoms with Crippen molar-refractivity contribution in [3.05, 3.63) is 42.0 Å². The Hall–Kier alpha value is -2.10. The van der Waals surface area contributed by atoms with Gasteiger partial charge in [0.2, 0.25) is 5.91 Å². The molecule has 1 aliphatic rings. The summed E-state index contributed by atoms with van der Waals surface area (Å²) in [6, 6.07) is 9.96. The van der Waals surface area contributed by atoms with Crippen LogP contribution in [0, 0.1) is 11.8 Å². The maximum Gasteiger partial charge on any atom is 0.308 e. The van der Waals surface area contributed by atoms with Gasteiger partial charge in [-0.2, -0.15) is 0 Å². The van der Waals surface area contributed by atoms with E-state index in [1.54, 1.807) is 4.90 Å². The van der Waals surface area contributed by atoms with Crippen LogP contribution in [0.25, 0.3) is 6.08 Å². The highest BCUT2D eigenvalue weighted by atomic mass is 16.4. The predicted octanol–water partition coefficient (Wildman–Crippen LogP) is 3.05. The molecule has 1 amide bonds. The number of benzene rings is 1. The number of carbonyl (C=O) groups is 2. The summed E-state index contributed by atoms with van der Waals surface area (Å²) in [5.74, 6) is -0.921. The summed E-state index contributed by atoms with van der Waals surface area (Å²) in [6.07, 6.45) is 5.77. The number of hydrogen-bond acceptors (Lipinski definition) is 2. The lowest BCUT2D eigenvalue weighted by atomic mass is 9.90. The number of hydrogen-bond donors (Lipinski definition) is 1. The number of likely N-dealkylation sites (tertiary alicyclic amines) is 1. The summed E-state index contributed by atoms with van der Waals surface area (Å²) in [5, 5.41) is 9.15. The quantitative estimate of drug-likeness (QED) is 0.909.